The lowest BCUT2D eigenvalue weighted by Gasteiger charge is -2.13. The summed E-state index contributed by atoms with van der Waals surface area (Å²) in [5.74, 6) is 0.821. The number of carbonyl (C=O) groups excluding carboxylic acids is 1. The van der Waals surface area contributed by atoms with Gasteiger partial charge in [-0.05, 0) is 26.8 Å². The van der Waals surface area contributed by atoms with Crippen molar-refractivity contribution in [2.24, 2.45) is 0 Å². The molecule has 0 saturated carbocycles. The predicted molar refractivity (Wildman–Crippen MR) is 87.4 cm³/mol. The van der Waals surface area contributed by atoms with Gasteiger partial charge in [-0.2, -0.15) is 0 Å². The summed E-state index contributed by atoms with van der Waals surface area (Å²) in [6.45, 7) is 6.92. The summed E-state index contributed by atoms with van der Waals surface area (Å²) < 4.78 is 16.6. The number of fused-ring (bicyclic) bond motifs is 1. The number of hydrogen-bond donors (Lipinski definition) is 1. The highest BCUT2D eigenvalue weighted by molar-refractivity contribution is 7.71. The Morgan fingerprint density at radius 1 is 1.09 bits per heavy atom. The summed E-state index contributed by atoms with van der Waals surface area (Å²) in [5.41, 5.74) is 1.13. The molecule has 1 N–H and O–H groups in total. The van der Waals surface area contributed by atoms with Crippen LogP contribution in [0.2, 0.25) is 0 Å². The van der Waals surface area contributed by atoms with Crippen molar-refractivity contribution in [3.05, 3.63) is 28.4 Å². The van der Waals surface area contributed by atoms with Crippen molar-refractivity contribution < 1.29 is 19.0 Å². The summed E-state index contributed by atoms with van der Waals surface area (Å²) in [5, 5.41) is 0.729. The summed E-state index contributed by atoms with van der Waals surface area (Å²) in [4.78, 5) is 15.0. The van der Waals surface area contributed by atoms with Crippen molar-refractivity contribution in [3.63, 3.8) is 0 Å². The van der Waals surface area contributed by atoms with E-state index in [1.165, 1.54) is 0 Å². The van der Waals surface area contributed by atoms with Crippen molar-refractivity contribution in [1.29, 1.82) is 0 Å². The Kier molecular flexibility index (Phi) is 5.38. The van der Waals surface area contributed by atoms with Gasteiger partial charge in [0.15, 0.2) is 11.5 Å². The lowest BCUT2D eigenvalue weighted by atomic mass is 10.1. The molecule has 2 rings (SSSR count). The molecule has 118 valence electrons. The number of benzene rings is 1. The van der Waals surface area contributed by atoms with Crippen molar-refractivity contribution in [2.45, 2.75) is 20.8 Å². The zero-order valence-corrected chi connectivity index (χ0v) is 13.7. The maximum absolute atomic E-state index is 11.9. The van der Waals surface area contributed by atoms with E-state index in [9.17, 15) is 4.79 Å². The Bertz CT molecular complexity index is 739. The highest BCUT2D eigenvalue weighted by atomic mass is 32.1. The van der Waals surface area contributed by atoms with Crippen LogP contribution in [0.25, 0.3) is 10.9 Å². The van der Waals surface area contributed by atoms with Crippen LogP contribution in [0.4, 0.5) is 0 Å². The van der Waals surface area contributed by atoms with Crippen LogP contribution in [0.1, 0.15) is 31.1 Å². The van der Waals surface area contributed by atoms with E-state index in [1.54, 1.807) is 19.2 Å². The molecule has 2 aromatic rings. The lowest BCUT2D eigenvalue weighted by molar-refractivity contribution is 0.0525. The number of aromatic amines is 1. The average Bonchev–Trinajstić information content (AvgIpc) is 2.49. The van der Waals surface area contributed by atoms with Crippen LogP contribution < -0.4 is 9.47 Å². The molecule has 0 aliphatic rings. The molecule has 0 aliphatic heterocycles. The fourth-order valence-electron chi connectivity index (χ4n) is 2.12. The van der Waals surface area contributed by atoms with Gasteiger partial charge in [0.25, 0.3) is 0 Å². The van der Waals surface area contributed by atoms with E-state index < -0.39 is 5.97 Å². The second-order valence-electron chi connectivity index (χ2n) is 4.46. The molecule has 0 bridgehead atoms. The topological polar surface area (TPSA) is 60.6 Å². The summed E-state index contributed by atoms with van der Waals surface area (Å²) in [6.07, 6.45) is 1.57. The maximum Gasteiger partial charge on any atom is 0.341 e. The van der Waals surface area contributed by atoms with E-state index in [0.29, 0.717) is 41.4 Å². The van der Waals surface area contributed by atoms with Gasteiger partial charge < -0.3 is 19.2 Å². The van der Waals surface area contributed by atoms with Crippen molar-refractivity contribution in [1.82, 2.24) is 4.98 Å². The van der Waals surface area contributed by atoms with Gasteiger partial charge in [-0.3, -0.25) is 0 Å². The molecule has 0 unspecified atom stereocenters. The first-order valence-corrected chi connectivity index (χ1v) is 7.65. The Morgan fingerprint density at radius 2 is 1.73 bits per heavy atom. The standard InChI is InChI=1S/C16H19NO4S/c1-4-19-13-7-10-12(8-14(13)20-5-2)17-9-11(15(10)22)16(18)21-6-3/h7-9H,4-6H2,1-3H3,(H,17,22). The highest BCUT2D eigenvalue weighted by Crippen LogP contribution is 2.33. The smallest absolute Gasteiger partial charge is 0.341 e. The van der Waals surface area contributed by atoms with E-state index >= 15 is 0 Å². The lowest BCUT2D eigenvalue weighted by Crippen LogP contribution is -2.06. The molecule has 0 spiro atoms. The SMILES string of the molecule is CCOC(=O)c1c[nH]c2cc(OCC)c(OCC)cc2c1=S. The van der Waals surface area contributed by atoms with Crippen molar-refractivity contribution >= 4 is 29.1 Å². The van der Waals surface area contributed by atoms with Crippen LogP contribution in [0.3, 0.4) is 0 Å². The largest absolute Gasteiger partial charge is 0.490 e. The Labute approximate surface area is 134 Å². The fourth-order valence-corrected chi connectivity index (χ4v) is 2.44. The number of esters is 1. The van der Waals surface area contributed by atoms with Crippen LogP contribution in [0.15, 0.2) is 18.3 Å². The molecule has 6 heteroatoms. The normalized spacial score (nSPS) is 10.5. The number of pyridine rings is 1. The average molecular weight is 321 g/mol. The minimum Gasteiger partial charge on any atom is -0.490 e. The zero-order chi connectivity index (χ0) is 16.1. The third-order valence-corrected chi connectivity index (χ3v) is 3.48. The number of aromatic nitrogens is 1. The summed E-state index contributed by atoms with van der Waals surface area (Å²) >= 11 is 5.42. The molecule has 5 nitrogen and oxygen atoms in total. The van der Waals surface area contributed by atoms with Crippen LogP contribution in [-0.4, -0.2) is 30.8 Å². The first-order valence-electron chi connectivity index (χ1n) is 7.24. The molecular weight excluding hydrogens is 302 g/mol. The van der Waals surface area contributed by atoms with Crippen molar-refractivity contribution in [2.75, 3.05) is 19.8 Å². The van der Waals surface area contributed by atoms with Crippen LogP contribution in [0, 0.1) is 4.51 Å². The molecule has 0 aliphatic carbocycles. The Balaban J connectivity index is 2.61. The number of H-pyrrole nitrogens is 1. The zero-order valence-electron chi connectivity index (χ0n) is 12.9. The van der Waals surface area contributed by atoms with Gasteiger partial charge in [-0.25, -0.2) is 4.79 Å². The van der Waals surface area contributed by atoms with E-state index in [1.807, 2.05) is 19.9 Å². The molecular formula is C16H19NO4S. The quantitative estimate of drug-likeness (QED) is 0.646. The molecule has 0 radical (unpaired) electrons. The van der Waals surface area contributed by atoms with E-state index in [2.05, 4.69) is 4.98 Å². The van der Waals surface area contributed by atoms with Crippen molar-refractivity contribution in [3.8, 4) is 11.5 Å². The van der Waals surface area contributed by atoms with Gasteiger partial charge in [0.2, 0.25) is 0 Å². The third-order valence-electron chi connectivity index (χ3n) is 3.04. The molecule has 1 aromatic carbocycles. The minimum absolute atomic E-state index is 0.305. The molecule has 0 amide bonds. The van der Waals surface area contributed by atoms with Gasteiger partial charge in [0.05, 0.1) is 35.4 Å². The van der Waals surface area contributed by atoms with Gasteiger partial charge in [-0.15, -0.1) is 0 Å². The number of carbonyl (C=O) groups is 1. The first-order chi connectivity index (χ1) is 10.6. The maximum atomic E-state index is 11.9. The van der Waals surface area contributed by atoms with E-state index in [4.69, 9.17) is 26.4 Å². The van der Waals surface area contributed by atoms with Gasteiger partial charge in [-0.1, -0.05) is 12.2 Å². The van der Waals surface area contributed by atoms with Crippen LogP contribution in [0.5, 0.6) is 11.5 Å². The van der Waals surface area contributed by atoms with E-state index in [-0.39, 0.29) is 0 Å². The highest BCUT2D eigenvalue weighted by Gasteiger charge is 2.14. The number of hydrogen-bond acceptors (Lipinski definition) is 5. The first kappa shape index (κ1) is 16.3. The number of ether oxygens (including phenoxy) is 3. The molecule has 0 saturated heterocycles. The summed E-state index contributed by atoms with van der Waals surface area (Å²) in [7, 11) is 0. The Morgan fingerprint density at radius 3 is 2.32 bits per heavy atom. The molecule has 1 aromatic heterocycles. The van der Waals surface area contributed by atoms with E-state index in [0.717, 1.165) is 10.9 Å². The molecule has 0 fully saturated rings. The number of rotatable bonds is 6. The van der Waals surface area contributed by atoms with Gasteiger partial charge in [0.1, 0.15) is 0 Å². The van der Waals surface area contributed by atoms with Crippen LogP contribution >= 0.6 is 12.2 Å². The van der Waals surface area contributed by atoms with Gasteiger partial charge in [0, 0.05) is 17.6 Å². The predicted octanol–water partition coefficient (Wildman–Crippen LogP) is 3.87. The molecule has 22 heavy (non-hydrogen) atoms. The third kappa shape index (κ3) is 3.22. The number of nitrogens with one attached hydrogen (secondary N) is 1. The monoisotopic (exact) mass is 321 g/mol. The van der Waals surface area contributed by atoms with Crippen LogP contribution in [-0.2, 0) is 4.74 Å². The molecule has 0 atom stereocenters. The Hall–Kier alpha value is -2.08. The summed E-state index contributed by atoms with van der Waals surface area (Å²) in [6, 6.07) is 3.62. The second kappa shape index (κ2) is 7.26. The van der Waals surface area contributed by atoms with Gasteiger partial charge >= 0.3 is 5.97 Å². The minimum atomic E-state index is -0.433. The fraction of sp³-hybridized carbons (Fsp3) is 0.375. The second-order valence-corrected chi connectivity index (χ2v) is 4.87. The molecule has 1 heterocycles.